The van der Waals surface area contributed by atoms with Crippen LogP contribution in [0.3, 0.4) is 0 Å². The van der Waals surface area contributed by atoms with Gasteiger partial charge in [0.2, 0.25) is 0 Å². The van der Waals surface area contributed by atoms with Crippen molar-refractivity contribution < 1.29 is 23.1 Å². The number of carbonyl (C=O) groups excluding carboxylic acids is 2. The van der Waals surface area contributed by atoms with Crippen molar-refractivity contribution in [2.24, 2.45) is 0 Å². The summed E-state index contributed by atoms with van der Waals surface area (Å²) < 4.78 is 33.4. The predicted molar refractivity (Wildman–Crippen MR) is 86.6 cm³/mol. The topological polar surface area (TPSA) is 71.5 Å². The van der Waals surface area contributed by atoms with E-state index in [9.17, 15) is 18.4 Å². The summed E-state index contributed by atoms with van der Waals surface area (Å²) in [6.45, 7) is 2.25. The minimum atomic E-state index is -3.78. The Bertz CT molecular complexity index is 812. The van der Waals surface area contributed by atoms with Crippen LogP contribution in [0, 0.1) is 6.92 Å². The van der Waals surface area contributed by atoms with E-state index in [4.69, 9.17) is 4.74 Å². The molecule has 1 aromatic carbocycles. The molecular formula is C17H15F2N3O3. The van der Waals surface area contributed by atoms with Gasteiger partial charge in [-0.25, -0.2) is 4.79 Å². The average Bonchev–Trinajstić information content (AvgIpc) is 3.03. The number of nitrogens with one attached hydrogen (secondary N) is 1. The van der Waals surface area contributed by atoms with E-state index < -0.39 is 23.6 Å². The van der Waals surface area contributed by atoms with Crippen molar-refractivity contribution >= 4 is 23.4 Å². The lowest BCUT2D eigenvalue weighted by Gasteiger charge is -2.20. The second-order valence-electron chi connectivity index (χ2n) is 5.46. The van der Waals surface area contributed by atoms with Gasteiger partial charge in [0.25, 0.3) is 0 Å². The number of rotatable bonds is 4. The highest BCUT2D eigenvalue weighted by molar-refractivity contribution is 5.99. The van der Waals surface area contributed by atoms with E-state index in [-0.39, 0.29) is 12.3 Å². The molecule has 0 aliphatic carbocycles. The standard InChI is InChI=1S/C17H15F2N3O3/c1-11-12(5-4-6-13(11)22-9-10-25-16(22)24)21-15(23)17(18,19)14-7-2-3-8-20-14/h2-8H,9-10H2,1H3,(H,21,23). The number of anilines is 2. The summed E-state index contributed by atoms with van der Waals surface area (Å²) >= 11 is 0. The van der Waals surface area contributed by atoms with E-state index in [2.05, 4.69) is 10.3 Å². The number of halogens is 2. The third-order valence-electron chi connectivity index (χ3n) is 3.88. The zero-order valence-electron chi connectivity index (χ0n) is 13.3. The Morgan fingerprint density at radius 3 is 2.72 bits per heavy atom. The number of carbonyl (C=O) groups is 2. The van der Waals surface area contributed by atoms with Crippen LogP contribution in [0.5, 0.6) is 0 Å². The number of ether oxygens (including phenoxy) is 1. The molecule has 25 heavy (non-hydrogen) atoms. The molecule has 1 aromatic heterocycles. The lowest BCUT2D eigenvalue weighted by molar-refractivity contribution is -0.141. The molecule has 1 fully saturated rings. The van der Waals surface area contributed by atoms with Crippen molar-refractivity contribution in [1.29, 1.82) is 0 Å². The molecule has 2 heterocycles. The van der Waals surface area contributed by atoms with E-state index in [1.807, 2.05) is 0 Å². The molecule has 1 aliphatic rings. The van der Waals surface area contributed by atoms with Gasteiger partial charge in [0.05, 0.1) is 12.2 Å². The first-order valence-electron chi connectivity index (χ1n) is 7.56. The van der Waals surface area contributed by atoms with Gasteiger partial charge in [0, 0.05) is 11.9 Å². The highest BCUT2D eigenvalue weighted by Gasteiger charge is 2.42. The molecule has 0 atom stereocenters. The maximum Gasteiger partial charge on any atom is 0.414 e. The molecule has 0 spiro atoms. The summed E-state index contributed by atoms with van der Waals surface area (Å²) in [5, 5.41) is 2.22. The van der Waals surface area contributed by atoms with E-state index >= 15 is 0 Å². The number of amides is 2. The highest BCUT2D eigenvalue weighted by Crippen LogP contribution is 2.32. The predicted octanol–water partition coefficient (Wildman–Crippen LogP) is 3.08. The van der Waals surface area contributed by atoms with Crippen LogP contribution in [0.2, 0.25) is 0 Å². The summed E-state index contributed by atoms with van der Waals surface area (Å²) in [4.78, 5) is 28.7. The van der Waals surface area contributed by atoms with Crippen LogP contribution in [0.1, 0.15) is 11.3 Å². The Morgan fingerprint density at radius 2 is 2.08 bits per heavy atom. The molecule has 6 nitrogen and oxygen atoms in total. The van der Waals surface area contributed by atoms with Gasteiger partial charge in [-0.1, -0.05) is 12.1 Å². The lowest BCUT2D eigenvalue weighted by Crippen LogP contribution is -2.33. The van der Waals surface area contributed by atoms with Gasteiger partial charge in [0.15, 0.2) is 0 Å². The summed E-state index contributed by atoms with van der Waals surface area (Å²) in [6, 6.07) is 8.68. The molecule has 0 radical (unpaired) electrons. The molecule has 130 valence electrons. The first-order chi connectivity index (χ1) is 11.9. The zero-order chi connectivity index (χ0) is 18.0. The van der Waals surface area contributed by atoms with Crippen LogP contribution < -0.4 is 10.2 Å². The van der Waals surface area contributed by atoms with E-state index in [1.165, 1.54) is 29.3 Å². The molecule has 3 rings (SSSR count). The number of nitrogens with zero attached hydrogens (tertiary/aromatic N) is 2. The number of cyclic esters (lactones) is 1. The van der Waals surface area contributed by atoms with Gasteiger partial charge in [-0.3, -0.25) is 14.7 Å². The fourth-order valence-corrected chi connectivity index (χ4v) is 2.53. The molecule has 8 heteroatoms. The summed E-state index contributed by atoms with van der Waals surface area (Å²) in [5.74, 6) is -5.27. The number of benzene rings is 1. The molecule has 0 saturated carbocycles. The maximum atomic E-state index is 14.3. The van der Waals surface area contributed by atoms with Crippen LogP contribution in [-0.2, 0) is 15.5 Å². The van der Waals surface area contributed by atoms with Gasteiger partial charge in [-0.15, -0.1) is 0 Å². The first-order valence-corrected chi connectivity index (χ1v) is 7.56. The van der Waals surface area contributed by atoms with Crippen LogP contribution in [0.4, 0.5) is 25.0 Å². The van der Waals surface area contributed by atoms with Crippen LogP contribution in [0.15, 0.2) is 42.6 Å². The molecule has 0 bridgehead atoms. The average molecular weight is 347 g/mol. The second kappa shape index (κ2) is 6.46. The van der Waals surface area contributed by atoms with Gasteiger partial charge in [0.1, 0.15) is 12.3 Å². The quantitative estimate of drug-likeness (QED) is 0.923. The number of pyridine rings is 1. The smallest absolute Gasteiger partial charge is 0.414 e. The Kier molecular flexibility index (Phi) is 4.35. The molecule has 1 saturated heterocycles. The van der Waals surface area contributed by atoms with Crippen molar-refractivity contribution in [2.75, 3.05) is 23.4 Å². The Hall–Kier alpha value is -3.03. The SMILES string of the molecule is Cc1c(NC(=O)C(F)(F)c2ccccn2)cccc1N1CCOC1=O. The van der Waals surface area contributed by atoms with Crippen molar-refractivity contribution in [1.82, 2.24) is 4.98 Å². The number of alkyl halides is 2. The Balaban J connectivity index is 1.86. The molecule has 2 amide bonds. The molecule has 0 unspecified atom stereocenters. The van der Waals surface area contributed by atoms with Crippen LogP contribution in [-0.4, -0.2) is 30.1 Å². The first kappa shape index (κ1) is 16.8. The van der Waals surface area contributed by atoms with Crippen molar-refractivity contribution in [2.45, 2.75) is 12.8 Å². The number of aromatic nitrogens is 1. The number of hydrogen-bond acceptors (Lipinski definition) is 4. The third kappa shape index (κ3) is 3.15. The van der Waals surface area contributed by atoms with Gasteiger partial charge in [-0.05, 0) is 36.8 Å². The Morgan fingerprint density at radius 1 is 1.28 bits per heavy atom. The minimum absolute atomic E-state index is 0.192. The maximum absolute atomic E-state index is 14.3. The van der Waals surface area contributed by atoms with E-state index in [1.54, 1.807) is 19.1 Å². The molecule has 2 aromatic rings. The highest BCUT2D eigenvalue weighted by atomic mass is 19.3. The molecule has 1 aliphatic heterocycles. The largest absolute Gasteiger partial charge is 0.447 e. The van der Waals surface area contributed by atoms with Crippen LogP contribution in [0.25, 0.3) is 0 Å². The monoisotopic (exact) mass is 347 g/mol. The second-order valence-corrected chi connectivity index (χ2v) is 5.46. The van der Waals surface area contributed by atoms with Crippen molar-refractivity contribution in [3.05, 3.63) is 53.9 Å². The van der Waals surface area contributed by atoms with Crippen LogP contribution >= 0.6 is 0 Å². The zero-order valence-corrected chi connectivity index (χ0v) is 13.3. The number of hydrogen-bond donors (Lipinski definition) is 1. The van der Waals surface area contributed by atoms with Crippen molar-refractivity contribution in [3.8, 4) is 0 Å². The van der Waals surface area contributed by atoms with Gasteiger partial charge < -0.3 is 10.1 Å². The third-order valence-corrected chi connectivity index (χ3v) is 3.88. The van der Waals surface area contributed by atoms with Gasteiger partial charge >= 0.3 is 17.9 Å². The van der Waals surface area contributed by atoms with Gasteiger partial charge in [-0.2, -0.15) is 8.78 Å². The summed E-state index contributed by atoms with van der Waals surface area (Å²) in [5.41, 5.74) is 0.551. The fourth-order valence-electron chi connectivity index (χ4n) is 2.53. The molecular weight excluding hydrogens is 332 g/mol. The van der Waals surface area contributed by atoms with E-state index in [0.717, 1.165) is 6.07 Å². The summed E-state index contributed by atoms with van der Waals surface area (Å²) in [6.07, 6.45) is 0.687. The molecule has 1 N–H and O–H groups in total. The fraction of sp³-hybridized carbons (Fsp3) is 0.235. The van der Waals surface area contributed by atoms with E-state index in [0.29, 0.717) is 17.8 Å². The normalized spacial score (nSPS) is 14.4. The summed E-state index contributed by atoms with van der Waals surface area (Å²) in [7, 11) is 0. The minimum Gasteiger partial charge on any atom is -0.447 e. The van der Waals surface area contributed by atoms with Crippen molar-refractivity contribution in [3.63, 3.8) is 0 Å². The lowest BCUT2D eigenvalue weighted by atomic mass is 10.1. The Labute approximate surface area is 142 Å².